The molecule has 0 spiro atoms. The summed E-state index contributed by atoms with van der Waals surface area (Å²) in [6.07, 6.45) is 4.18. The van der Waals surface area contributed by atoms with E-state index in [0.29, 0.717) is 23.5 Å². The van der Waals surface area contributed by atoms with Crippen LogP contribution in [0.3, 0.4) is 0 Å². The Labute approximate surface area is 121 Å². The Bertz CT molecular complexity index is 506. The van der Waals surface area contributed by atoms with E-state index < -0.39 is 0 Å². The number of phenols is 1. The van der Waals surface area contributed by atoms with Gasteiger partial charge in [-0.3, -0.25) is 0 Å². The van der Waals surface area contributed by atoms with Crippen LogP contribution in [0.2, 0.25) is 0 Å². The van der Waals surface area contributed by atoms with Gasteiger partial charge in [-0.25, -0.2) is 0 Å². The lowest BCUT2D eigenvalue weighted by molar-refractivity contribution is 0.0286. The molecule has 3 rings (SSSR count). The van der Waals surface area contributed by atoms with E-state index in [2.05, 4.69) is 26.8 Å². The fraction of sp³-hybridized carbons (Fsp3) is 0.667. The molecule has 20 heavy (non-hydrogen) atoms. The van der Waals surface area contributed by atoms with Crippen molar-refractivity contribution in [2.75, 3.05) is 0 Å². The first kappa shape index (κ1) is 13.9. The monoisotopic (exact) mass is 274 g/mol. The second-order valence-electron chi connectivity index (χ2n) is 7.40. The minimum absolute atomic E-state index is 0.0351. The lowest BCUT2D eigenvalue weighted by Gasteiger charge is -2.42. The van der Waals surface area contributed by atoms with E-state index in [1.165, 1.54) is 17.5 Å². The number of benzene rings is 1. The van der Waals surface area contributed by atoms with Crippen LogP contribution in [0.1, 0.15) is 57.1 Å². The molecule has 2 aliphatic carbocycles. The molecule has 0 saturated heterocycles. The Hall–Kier alpha value is -1.02. The summed E-state index contributed by atoms with van der Waals surface area (Å²) in [5.41, 5.74) is 2.74. The molecule has 1 aromatic rings. The van der Waals surface area contributed by atoms with E-state index in [0.717, 1.165) is 19.3 Å². The second kappa shape index (κ2) is 4.77. The highest BCUT2D eigenvalue weighted by Gasteiger charge is 2.47. The highest BCUT2D eigenvalue weighted by atomic mass is 16.3. The van der Waals surface area contributed by atoms with Gasteiger partial charge in [-0.2, -0.15) is 0 Å². The molecule has 0 bridgehead atoms. The van der Waals surface area contributed by atoms with Crippen LogP contribution in [0.4, 0.5) is 0 Å². The molecule has 2 aliphatic rings. The van der Waals surface area contributed by atoms with Gasteiger partial charge in [0.2, 0.25) is 0 Å². The standard InChI is InChI=1S/C18H26O2/c1-11-14-7-5-13(19)10-12(14)4-6-15(11)16-8-9-17(20)18(16,2)3/h5,7,10-11,15-17,19-20H,4,6,8-9H2,1-3H3/t11-,15-,16+,17-/m1/s1. The van der Waals surface area contributed by atoms with Crippen LogP contribution < -0.4 is 0 Å². The van der Waals surface area contributed by atoms with E-state index in [9.17, 15) is 10.2 Å². The van der Waals surface area contributed by atoms with Gasteiger partial charge in [0.05, 0.1) is 6.10 Å². The van der Waals surface area contributed by atoms with Crippen molar-refractivity contribution in [1.29, 1.82) is 0 Å². The number of hydrogen-bond donors (Lipinski definition) is 2. The van der Waals surface area contributed by atoms with Crippen LogP contribution in [0.15, 0.2) is 18.2 Å². The van der Waals surface area contributed by atoms with Crippen molar-refractivity contribution in [2.24, 2.45) is 17.3 Å². The normalized spacial score (nSPS) is 35.8. The van der Waals surface area contributed by atoms with Crippen molar-refractivity contribution in [3.8, 4) is 5.75 Å². The van der Waals surface area contributed by atoms with Crippen LogP contribution in [-0.4, -0.2) is 16.3 Å². The van der Waals surface area contributed by atoms with Gasteiger partial charge >= 0.3 is 0 Å². The van der Waals surface area contributed by atoms with Crippen molar-refractivity contribution in [2.45, 2.75) is 58.5 Å². The summed E-state index contributed by atoms with van der Waals surface area (Å²) in [4.78, 5) is 0. The largest absolute Gasteiger partial charge is 0.508 e. The molecule has 2 N–H and O–H groups in total. The quantitative estimate of drug-likeness (QED) is 0.816. The van der Waals surface area contributed by atoms with Crippen molar-refractivity contribution in [3.63, 3.8) is 0 Å². The third kappa shape index (κ3) is 2.05. The average Bonchev–Trinajstić information content (AvgIpc) is 2.65. The van der Waals surface area contributed by atoms with Crippen molar-refractivity contribution >= 4 is 0 Å². The summed E-state index contributed by atoms with van der Waals surface area (Å²) in [7, 11) is 0. The third-order valence-corrected chi connectivity index (χ3v) is 6.09. The van der Waals surface area contributed by atoms with Crippen LogP contribution in [0.5, 0.6) is 5.75 Å². The van der Waals surface area contributed by atoms with Gasteiger partial charge < -0.3 is 10.2 Å². The molecule has 0 aromatic heterocycles. The molecule has 0 unspecified atom stereocenters. The maximum absolute atomic E-state index is 10.2. The minimum atomic E-state index is -0.152. The Kier molecular flexibility index (Phi) is 3.32. The Morgan fingerprint density at radius 3 is 2.55 bits per heavy atom. The highest BCUT2D eigenvalue weighted by molar-refractivity contribution is 5.39. The molecule has 2 heteroatoms. The summed E-state index contributed by atoms with van der Waals surface area (Å²) in [5.74, 6) is 2.16. The summed E-state index contributed by atoms with van der Waals surface area (Å²) < 4.78 is 0. The lowest BCUT2D eigenvalue weighted by atomic mass is 9.63. The van der Waals surface area contributed by atoms with E-state index in [4.69, 9.17) is 0 Å². The summed E-state index contributed by atoms with van der Waals surface area (Å²) in [5, 5.41) is 19.9. The topological polar surface area (TPSA) is 40.5 Å². The minimum Gasteiger partial charge on any atom is -0.508 e. The number of aliphatic hydroxyl groups is 1. The predicted octanol–water partition coefficient (Wildman–Crippen LogP) is 3.86. The predicted molar refractivity (Wildman–Crippen MR) is 80.8 cm³/mol. The Morgan fingerprint density at radius 2 is 1.90 bits per heavy atom. The van der Waals surface area contributed by atoms with Crippen molar-refractivity contribution < 1.29 is 10.2 Å². The highest BCUT2D eigenvalue weighted by Crippen LogP contribution is 2.53. The first-order valence-electron chi connectivity index (χ1n) is 7.91. The number of aromatic hydroxyl groups is 1. The van der Waals surface area contributed by atoms with Gasteiger partial charge in [0.25, 0.3) is 0 Å². The SMILES string of the molecule is C[C@@H]1c2ccc(O)cc2CC[C@H]1[C@@H]1CC[C@@H](O)C1(C)C. The van der Waals surface area contributed by atoms with Crippen LogP contribution in [0.25, 0.3) is 0 Å². The first-order valence-corrected chi connectivity index (χ1v) is 7.91. The molecule has 1 aromatic carbocycles. The number of fused-ring (bicyclic) bond motifs is 1. The fourth-order valence-electron chi connectivity index (χ4n) is 4.70. The van der Waals surface area contributed by atoms with Gasteiger partial charge in [-0.05, 0) is 72.1 Å². The van der Waals surface area contributed by atoms with Crippen LogP contribution >= 0.6 is 0 Å². The molecule has 1 saturated carbocycles. The number of rotatable bonds is 1. The molecule has 1 fully saturated rings. The zero-order valence-corrected chi connectivity index (χ0v) is 12.8. The smallest absolute Gasteiger partial charge is 0.115 e. The van der Waals surface area contributed by atoms with E-state index >= 15 is 0 Å². The van der Waals surface area contributed by atoms with Gasteiger partial charge in [-0.1, -0.05) is 26.8 Å². The van der Waals surface area contributed by atoms with Crippen molar-refractivity contribution in [3.05, 3.63) is 29.3 Å². The van der Waals surface area contributed by atoms with Crippen molar-refractivity contribution in [1.82, 2.24) is 0 Å². The van der Waals surface area contributed by atoms with Crippen LogP contribution in [0, 0.1) is 17.3 Å². The molecule has 0 radical (unpaired) electrons. The average molecular weight is 274 g/mol. The third-order valence-electron chi connectivity index (χ3n) is 6.09. The molecule has 110 valence electrons. The fourth-order valence-corrected chi connectivity index (χ4v) is 4.70. The lowest BCUT2D eigenvalue weighted by Crippen LogP contribution is -2.36. The first-order chi connectivity index (χ1) is 9.41. The molecular formula is C18H26O2. The van der Waals surface area contributed by atoms with Gasteiger partial charge in [0, 0.05) is 0 Å². The number of aliphatic hydroxyl groups excluding tert-OH is 1. The molecule has 0 aliphatic heterocycles. The Balaban J connectivity index is 1.89. The zero-order valence-electron chi connectivity index (χ0n) is 12.8. The zero-order chi connectivity index (χ0) is 14.5. The van der Waals surface area contributed by atoms with Crippen LogP contribution in [-0.2, 0) is 6.42 Å². The maximum Gasteiger partial charge on any atom is 0.115 e. The Morgan fingerprint density at radius 1 is 1.15 bits per heavy atom. The maximum atomic E-state index is 10.2. The number of phenolic OH excluding ortho intramolecular Hbond substituents is 1. The van der Waals surface area contributed by atoms with E-state index in [1.807, 2.05) is 12.1 Å². The molecular weight excluding hydrogens is 248 g/mol. The summed E-state index contributed by atoms with van der Waals surface area (Å²) in [6, 6.07) is 5.84. The molecule has 0 amide bonds. The summed E-state index contributed by atoms with van der Waals surface area (Å²) >= 11 is 0. The van der Waals surface area contributed by atoms with Gasteiger partial charge in [0.15, 0.2) is 0 Å². The molecule has 4 atom stereocenters. The van der Waals surface area contributed by atoms with Gasteiger partial charge in [0.1, 0.15) is 5.75 Å². The summed E-state index contributed by atoms with van der Waals surface area (Å²) in [6.45, 7) is 6.78. The number of aryl methyl sites for hydroxylation is 1. The molecule has 2 nitrogen and oxygen atoms in total. The van der Waals surface area contributed by atoms with Gasteiger partial charge in [-0.15, -0.1) is 0 Å². The van der Waals surface area contributed by atoms with E-state index in [1.54, 1.807) is 0 Å². The second-order valence-corrected chi connectivity index (χ2v) is 7.40. The number of hydrogen-bond acceptors (Lipinski definition) is 2. The van der Waals surface area contributed by atoms with E-state index in [-0.39, 0.29) is 11.5 Å². The molecule has 0 heterocycles.